The maximum absolute atomic E-state index is 5.15. The van der Waals surface area contributed by atoms with Crippen molar-refractivity contribution in [1.82, 2.24) is 10.1 Å². The van der Waals surface area contributed by atoms with Gasteiger partial charge in [-0.05, 0) is 32.9 Å². The fourth-order valence-electron chi connectivity index (χ4n) is 2.10. The van der Waals surface area contributed by atoms with Gasteiger partial charge in [-0.15, -0.1) is 11.3 Å². The lowest BCUT2D eigenvalue weighted by Crippen LogP contribution is -1.79. The van der Waals surface area contributed by atoms with Crippen LogP contribution in [0.4, 0.5) is 0 Å². The van der Waals surface area contributed by atoms with Gasteiger partial charge >= 0.3 is 0 Å². The molecule has 2 heterocycles. The topological polar surface area (TPSA) is 38.9 Å². The lowest BCUT2D eigenvalue weighted by Gasteiger charge is -1.96. The minimum Gasteiger partial charge on any atom is -0.361 e. The first kappa shape index (κ1) is 13.8. The Morgan fingerprint density at radius 3 is 2.48 bits per heavy atom. The van der Waals surface area contributed by atoms with Crippen LogP contribution in [0.25, 0.3) is 23.4 Å². The van der Waals surface area contributed by atoms with Crippen molar-refractivity contribution in [3.05, 3.63) is 57.2 Å². The normalized spacial score (nSPS) is 11.4. The van der Waals surface area contributed by atoms with E-state index in [1.807, 2.05) is 26.0 Å². The van der Waals surface area contributed by atoms with Crippen LogP contribution in [0.1, 0.15) is 27.6 Å². The molecule has 0 atom stereocenters. The van der Waals surface area contributed by atoms with E-state index in [0.717, 1.165) is 33.3 Å². The van der Waals surface area contributed by atoms with Crippen LogP contribution in [0, 0.1) is 20.8 Å². The van der Waals surface area contributed by atoms with Crippen LogP contribution in [-0.2, 0) is 0 Å². The molecule has 106 valence electrons. The SMILES string of the molecule is Cc1ccc(-c2csc(/C=C/c3c(C)noc3C)n2)cc1. The van der Waals surface area contributed by atoms with E-state index in [9.17, 15) is 0 Å². The van der Waals surface area contributed by atoms with Gasteiger partial charge < -0.3 is 4.52 Å². The smallest absolute Gasteiger partial charge is 0.141 e. The van der Waals surface area contributed by atoms with E-state index in [1.165, 1.54) is 5.56 Å². The van der Waals surface area contributed by atoms with Gasteiger partial charge in [0.25, 0.3) is 0 Å². The lowest BCUT2D eigenvalue weighted by molar-refractivity contribution is 0.393. The first-order valence-corrected chi connectivity index (χ1v) is 7.65. The lowest BCUT2D eigenvalue weighted by atomic mass is 10.1. The van der Waals surface area contributed by atoms with Gasteiger partial charge in [-0.25, -0.2) is 4.98 Å². The van der Waals surface area contributed by atoms with Crippen LogP contribution in [0.2, 0.25) is 0 Å². The second-order valence-electron chi connectivity index (χ2n) is 5.01. The van der Waals surface area contributed by atoms with E-state index in [-0.39, 0.29) is 0 Å². The summed E-state index contributed by atoms with van der Waals surface area (Å²) >= 11 is 1.63. The summed E-state index contributed by atoms with van der Waals surface area (Å²) in [4.78, 5) is 4.65. The van der Waals surface area contributed by atoms with E-state index in [1.54, 1.807) is 11.3 Å². The van der Waals surface area contributed by atoms with Crippen molar-refractivity contribution in [2.24, 2.45) is 0 Å². The predicted molar refractivity (Wildman–Crippen MR) is 87.2 cm³/mol. The number of hydrogen-bond acceptors (Lipinski definition) is 4. The van der Waals surface area contributed by atoms with Crippen molar-refractivity contribution in [3.8, 4) is 11.3 Å². The molecule has 0 aliphatic carbocycles. The molecular weight excluding hydrogens is 280 g/mol. The molecule has 3 aromatic rings. The highest BCUT2D eigenvalue weighted by atomic mass is 32.1. The molecule has 0 spiro atoms. The van der Waals surface area contributed by atoms with Gasteiger partial charge in [-0.3, -0.25) is 0 Å². The van der Waals surface area contributed by atoms with Crippen molar-refractivity contribution >= 4 is 23.5 Å². The molecule has 0 unspecified atom stereocenters. The van der Waals surface area contributed by atoms with E-state index in [0.29, 0.717) is 0 Å². The molecular formula is C17H16N2OS. The fourth-order valence-corrected chi connectivity index (χ4v) is 2.82. The molecule has 0 saturated carbocycles. The van der Waals surface area contributed by atoms with Crippen LogP contribution < -0.4 is 0 Å². The van der Waals surface area contributed by atoms with E-state index >= 15 is 0 Å². The minimum atomic E-state index is 0.832. The molecule has 0 N–H and O–H groups in total. The van der Waals surface area contributed by atoms with E-state index in [4.69, 9.17) is 4.52 Å². The van der Waals surface area contributed by atoms with Crippen molar-refractivity contribution in [2.75, 3.05) is 0 Å². The van der Waals surface area contributed by atoms with E-state index in [2.05, 4.69) is 46.7 Å². The number of rotatable bonds is 3. The Morgan fingerprint density at radius 2 is 1.81 bits per heavy atom. The second kappa shape index (κ2) is 5.66. The number of benzene rings is 1. The summed E-state index contributed by atoms with van der Waals surface area (Å²) in [5, 5.41) is 7.00. The summed E-state index contributed by atoms with van der Waals surface area (Å²) in [5.41, 5.74) is 5.35. The van der Waals surface area contributed by atoms with Crippen molar-refractivity contribution < 1.29 is 4.52 Å². The molecule has 0 fully saturated rings. The van der Waals surface area contributed by atoms with Gasteiger partial charge in [0.05, 0.1) is 11.4 Å². The van der Waals surface area contributed by atoms with Crippen LogP contribution in [-0.4, -0.2) is 10.1 Å². The molecule has 0 aliphatic heterocycles. The molecule has 0 amide bonds. The molecule has 0 aliphatic rings. The summed E-state index contributed by atoms with van der Waals surface area (Å²) in [6.07, 6.45) is 4.02. The standard InChI is InChI=1S/C17H16N2OS/c1-11-4-6-14(7-5-11)16-10-21-17(18-16)9-8-15-12(2)19-20-13(15)3/h4-10H,1-3H3/b9-8+. The zero-order valence-electron chi connectivity index (χ0n) is 12.3. The summed E-state index contributed by atoms with van der Waals surface area (Å²) < 4.78 is 5.15. The Balaban J connectivity index is 1.84. The summed E-state index contributed by atoms with van der Waals surface area (Å²) in [6.45, 7) is 5.94. The van der Waals surface area contributed by atoms with Gasteiger partial charge in [0, 0.05) is 16.5 Å². The third kappa shape index (κ3) is 2.95. The van der Waals surface area contributed by atoms with Gasteiger partial charge in [0.1, 0.15) is 10.8 Å². The van der Waals surface area contributed by atoms with Crippen LogP contribution in [0.15, 0.2) is 34.2 Å². The minimum absolute atomic E-state index is 0.832. The Bertz CT molecular complexity index is 762. The Labute approximate surface area is 128 Å². The van der Waals surface area contributed by atoms with Crippen molar-refractivity contribution in [2.45, 2.75) is 20.8 Å². The van der Waals surface area contributed by atoms with Crippen molar-refractivity contribution in [1.29, 1.82) is 0 Å². The van der Waals surface area contributed by atoms with Crippen LogP contribution >= 0.6 is 11.3 Å². The van der Waals surface area contributed by atoms with Gasteiger partial charge in [0.2, 0.25) is 0 Å². The van der Waals surface area contributed by atoms with Gasteiger partial charge in [-0.1, -0.05) is 35.0 Å². The maximum Gasteiger partial charge on any atom is 0.141 e. The highest BCUT2D eigenvalue weighted by Crippen LogP contribution is 2.24. The molecule has 4 heteroatoms. The van der Waals surface area contributed by atoms with Crippen LogP contribution in [0.3, 0.4) is 0 Å². The zero-order chi connectivity index (χ0) is 14.8. The number of aromatic nitrogens is 2. The molecule has 0 bridgehead atoms. The third-order valence-electron chi connectivity index (χ3n) is 3.35. The largest absolute Gasteiger partial charge is 0.361 e. The summed E-state index contributed by atoms with van der Waals surface area (Å²) in [5.74, 6) is 0.832. The number of nitrogens with zero attached hydrogens (tertiary/aromatic N) is 2. The number of aryl methyl sites for hydroxylation is 3. The van der Waals surface area contributed by atoms with Gasteiger partial charge in [-0.2, -0.15) is 0 Å². The zero-order valence-corrected chi connectivity index (χ0v) is 13.1. The number of hydrogen-bond donors (Lipinski definition) is 0. The van der Waals surface area contributed by atoms with Crippen LogP contribution in [0.5, 0.6) is 0 Å². The molecule has 0 saturated heterocycles. The molecule has 1 aromatic carbocycles. The van der Waals surface area contributed by atoms with E-state index < -0.39 is 0 Å². The second-order valence-corrected chi connectivity index (χ2v) is 5.90. The summed E-state index contributed by atoms with van der Waals surface area (Å²) in [6, 6.07) is 8.42. The molecule has 3 nitrogen and oxygen atoms in total. The first-order chi connectivity index (χ1) is 10.1. The van der Waals surface area contributed by atoms with Gasteiger partial charge in [0.15, 0.2) is 0 Å². The summed E-state index contributed by atoms with van der Waals surface area (Å²) in [7, 11) is 0. The number of thiazole rings is 1. The molecule has 0 radical (unpaired) electrons. The monoisotopic (exact) mass is 296 g/mol. The molecule has 3 rings (SSSR count). The first-order valence-electron chi connectivity index (χ1n) is 6.77. The average Bonchev–Trinajstić information content (AvgIpc) is 3.06. The maximum atomic E-state index is 5.15. The van der Waals surface area contributed by atoms with Crippen molar-refractivity contribution in [3.63, 3.8) is 0 Å². The Morgan fingerprint density at radius 1 is 1.05 bits per heavy atom. The molecule has 2 aromatic heterocycles. The Kier molecular flexibility index (Phi) is 3.71. The fraction of sp³-hybridized carbons (Fsp3) is 0.176. The highest BCUT2D eigenvalue weighted by Gasteiger charge is 2.06. The predicted octanol–water partition coefficient (Wildman–Crippen LogP) is 4.89. The Hall–Kier alpha value is -2.20. The quantitative estimate of drug-likeness (QED) is 0.690. The molecule has 21 heavy (non-hydrogen) atoms. The highest BCUT2D eigenvalue weighted by molar-refractivity contribution is 7.10. The average molecular weight is 296 g/mol. The third-order valence-corrected chi connectivity index (χ3v) is 4.16.